The lowest BCUT2D eigenvalue weighted by atomic mass is 10.2. The summed E-state index contributed by atoms with van der Waals surface area (Å²) in [6.07, 6.45) is 0. The van der Waals surface area contributed by atoms with Gasteiger partial charge in [-0.2, -0.15) is 0 Å². The molecule has 1 aliphatic rings. The first-order valence-electron chi connectivity index (χ1n) is 9.25. The van der Waals surface area contributed by atoms with E-state index >= 15 is 0 Å². The van der Waals surface area contributed by atoms with Crippen molar-refractivity contribution in [2.45, 2.75) is 6.92 Å². The van der Waals surface area contributed by atoms with Gasteiger partial charge in [0.05, 0.1) is 26.5 Å². The van der Waals surface area contributed by atoms with Gasteiger partial charge in [-0.1, -0.05) is 11.6 Å². The third kappa shape index (κ3) is 4.88. The molecule has 0 aliphatic carbocycles. The maximum atomic E-state index is 12.5. The highest BCUT2D eigenvalue weighted by atomic mass is 35.5. The first-order valence-corrected chi connectivity index (χ1v) is 9.63. The van der Waals surface area contributed by atoms with Gasteiger partial charge in [-0.25, -0.2) is 0 Å². The van der Waals surface area contributed by atoms with Crippen LogP contribution < -0.4 is 19.7 Å². The van der Waals surface area contributed by atoms with E-state index in [1.165, 1.54) is 5.69 Å². The predicted molar refractivity (Wildman–Crippen MR) is 113 cm³/mol. The predicted octanol–water partition coefficient (Wildman–Crippen LogP) is 3.43. The van der Waals surface area contributed by atoms with Crippen LogP contribution in [0.25, 0.3) is 0 Å². The van der Waals surface area contributed by atoms with Crippen molar-refractivity contribution in [2.75, 3.05) is 57.2 Å². The van der Waals surface area contributed by atoms with Crippen molar-refractivity contribution in [3.8, 4) is 11.5 Å². The average Bonchev–Trinajstić information content (AvgIpc) is 2.71. The number of hydrogen-bond acceptors (Lipinski definition) is 5. The number of piperazine rings is 1. The Labute approximate surface area is 171 Å². The zero-order valence-electron chi connectivity index (χ0n) is 16.5. The van der Waals surface area contributed by atoms with Crippen LogP contribution in [0.3, 0.4) is 0 Å². The number of carbonyl (C=O) groups is 1. The van der Waals surface area contributed by atoms with Crippen molar-refractivity contribution in [2.24, 2.45) is 0 Å². The van der Waals surface area contributed by atoms with Crippen molar-refractivity contribution >= 4 is 28.9 Å². The highest BCUT2D eigenvalue weighted by Gasteiger charge is 2.20. The number of aryl methyl sites for hydroxylation is 1. The normalized spacial score (nSPS) is 14.6. The summed E-state index contributed by atoms with van der Waals surface area (Å²) < 4.78 is 10.5. The van der Waals surface area contributed by atoms with Gasteiger partial charge in [-0.3, -0.25) is 9.69 Å². The third-order valence-electron chi connectivity index (χ3n) is 4.93. The van der Waals surface area contributed by atoms with Crippen LogP contribution in [-0.2, 0) is 4.79 Å². The van der Waals surface area contributed by atoms with E-state index < -0.39 is 0 Å². The number of carbonyl (C=O) groups excluding carboxylic acids is 1. The fourth-order valence-corrected chi connectivity index (χ4v) is 3.43. The molecule has 150 valence electrons. The highest BCUT2D eigenvalue weighted by molar-refractivity contribution is 6.31. The van der Waals surface area contributed by atoms with Crippen LogP contribution in [0.1, 0.15) is 5.56 Å². The summed E-state index contributed by atoms with van der Waals surface area (Å²) in [6, 6.07) is 11.6. The van der Waals surface area contributed by atoms with Gasteiger partial charge in [0.25, 0.3) is 0 Å². The maximum Gasteiger partial charge on any atom is 0.238 e. The number of hydrogen-bond donors (Lipinski definition) is 1. The number of ether oxygens (including phenoxy) is 2. The maximum absolute atomic E-state index is 12.5. The van der Waals surface area contributed by atoms with Crippen molar-refractivity contribution in [3.05, 3.63) is 47.0 Å². The Kier molecular flexibility index (Phi) is 6.65. The number of halogens is 1. The first kappa shape index (κ1) is 20.3. The largest absolute Gasteiger partial charge is 0.497 e. The Balaban J connectivity index is 1.53. The lowest BCUT2D eigenvalue weighted by molar-refractivity contribution is -0.117. The van der Waals surface area contributed by atoms with Gasteiger partial charge >= 0.3 is 0 Å². The van der Waals surface area contributed by atoms with Crippen LogP contribution in [0.2, 0.25) is 5.02 Å². The second-order valence-corrected chi connectivity index (χ2v) is 7.22. The van der Waals surface area contributed by atoms with E-state index in [-0.39, 0.29) is 5.91 Å². The molecule has 1 amide bonds. The van der Waals surface area contributed by atoms with Gasteiger partial charge in [-0.05, 0) is 42.8 Å². The number of nitrogens with one attached hydrogen (secondary N) is 1. The van der Waals surface area contributed by atoms with Crippen LogP contribution in [-0.4, -0.2) is 57.8 Å². The topological polar surface area (TPSA) is 54.0 Å². The molecule has 0 saturated carbocycles. The monoisotopic (exact) mass is 403 g/mol. The van der Waals surface area contributed by atoms with E-state index in [4.69, 9.17) is 21.1 Å². The number of amides is 1. The highest BCUT2D eigenvalue weighted by Crippen LogP contribution is 2.31. The Morgan fingerprint density at radius 2 is 1.75 bits per heavy atom. The first-order chi connectivity index (χ1) is 13.5. The fourth-order valence-electron chi connectivity index (χ4n) is 3.28. The lowest BCUT2D eigenvalue weighted by Gasteiger charge is -2.35. The van der Waals surface area contributed by atoms with Crippen LogP contribution in [0.4, 0.5) is 11.4 Å². The molecule has 1 N–H and O–H groups in total. The number of nitrogens with zero attached hydrogens (tertiary/aromatic N) is 2. The SMILES string of the molecule is COc1ccc(N2CCN(CC(=O)Nc3cc(C)c(Cl)cc3OC)CC2)cc1. The number of benzene rings is 2. The second-order valence-electron chi connectivity index (χ2n) is 6.81. The molecule has 1 aliphatic heterocycles. The molecule has 0 spiro atoms. The number of methoxy groups -OCH3 is 2. The van der Waals surface area contributed by atoms with Crippen molar-refractivity contribution in [3.63, 3.8) is 0 Å². The van der Waals surface area contributed by atoms with Gasteiger partial charge in [0, 0.05) is 43.0 Å². The zero-order valence-corrected chi connectivity index (χ0v) is 17.3. The molecule has 2 aromatic carbocycles. The van der Waals surface area contributed by atoms with Crippen molar-refractivity contribution in [1.29, 1.82) is 0 Å². The summed E-state index contributed by atoms with van der Waals surface area (Å²) >= 11 is 6.13. The minimum atomic E-state index is -0.0575. The summed E-state index contributed by atoms with van der Waals surface area (Å²) in [5.41, 5.74) is 2.71. The van der Waals surface area contributed by atoms with E-state index in [2.05, 4.69) is 27.2 Å². The van der Waals surface area contributed by atoms with E-state index in [0.717, 1.165) is 37.5 Å². The Morgan fingerprint density at radius 3 is 2.36 bits per heavy atom. The van der Waals surface area contributed by atoms with Gasteiger partial charge in [0.1, 0.15) is 11.5 Å². The van der Waals surface area contributed by atoms with E-state index in [0.29, 0.717) is 23.0 Å². The average molecular weight is 404 g/mol. The third-order valence-corrected chi connectivity index (χ3v) is 5.34. The molecule has 1 heterocycles. The smallest absolute Gasteiger partial charge is 0.238 e. The van der Waals surface area contributed by atoms with Crippen LogP contribution in [0.5, 0.6) is 11.5 Å². The molecule has 28 heavy (non-hydrogen) atoms. The molecule has 1 fully saturated rings. The molecular formula is C21H26ClN3O3. The van der Waals surface area contributed by atoms with Crippen LogP contribution in [0, 0.1) is 6.92 Å². The Hall–Kier alpha value is -2.44. The molecule has 0 atom stereocenters. The minimum absolute atomic E-state index is 0.0575. The van der Waals surface area contributed by atoms with Gasteiger partial charge in [0.15, 0.2) is 0 Å². The van der Waals surface area contributed by atoms with Crippen molar-refractivity contribution in [1.82, 2.24) is 4.90 Å². The lowest BCUT2D eigenvalue weighted by Crippen LogP contribution is -2.48. The second kappa shape index (κ2) is 9.17. The molecule has 2 aromatic rings. The molecule has 6 nitrogen and oxygen atoms in total. The molecule has 0 bridgehead atoms. The van der Waals surface area contributed by atoms with Crippen molar-refractivity contribution < 1.29 is 14.3 Å². The molecular weight excluding hydrogens is 378 g/mol. The summed E-state index contributed by atoms with van der Waals surface area (Å²) in [5, 5.41) is 3.56. The molecule has 1 saturated heterocycles. The number of rotatable bonds is 6. The van der Waals surface area contributed by atoms with Crippen LogP contribution in [0.15, 0.2) is 36.4 Å². The minimum Gasteiger partial charge on any atom is -0.497 e. The Bertz CT molecular complexity index is 818. The summed E-state index contributed by atoms with van der Waals surface area (Å²) in [4.78, 5) is 17.0. The number of anilines is 2. The standard InChI is InChI=1S/C21H26ClN3O3/c1-15-12-19(20(28-3)13-18(15)22)23-21(26)14-24-8-10-25(11-9-24)16-4-6-17(27-2)7-5-16/h4-7,12-13H,8-11,14H2,1-3H3,(H,23,26). The van der Waals surface area contributed by atoms with E-state index in [9.17, 15) is 4.79 Å². The van der Waals surface area contributed by atoms with Gasteiger partial charge in [0.2, 0.25) is 5.91 Å². The van der Waals surface area contributed by atoms with E-state index in [1.807, 2.05) is 25.1 Å². The van der Waals surface area contributed by atoms with Gasteiger partial charge in [-0.15, -0.1) is 0 Å². The summed E-state index contributed by atoms with van der Waals surface area (Å²) in [5.74, 6) is 1.36. The van der Waals surface area contributed by atoms with Crippen LogP contribution >= 0.6 is 11.6 Å². The molecule has 0 unspecified atom stereocenters. The molecule has 0 aromatic heterocycles. The molecule has 0 radical (unpaired) electrons. The Morgan fingerprint density at radius 1 is 1.07 bits per heavy atom. The molecule has 3 rings (SSSR count). The summed E-state index contributed by atoms with van der Waals surface area (Å²) in [6.45, 7) is 5.66. The van der Waals surface area contributed by atoms with Gasteiger partial charge < -0.3 is 19.7 Å². The van der Waals surface area contributed by atoms with E-state index in [1.54, 1.807) is 20.3 Å². The fraction of sp³-hybridized carbons (Fsp3) is 0.381. The zero-order chi connectivity index (χ0) is 20.1. The summed E-state index contributed by atoms with van der Waals surface area (Å²) in [7, 11) is 3.23. The quantitative estimate of drug-likeness (QED) is 0.800. The molecule has 7 heteroatoms.